The number of carboxylic acid groups (broad SMARTS) is 1. The number of nitrogen functional groups attached to an aromatic ring is 2. The second kappa shape index (κ2) is 9.14. The molecule has 0 unspecified atom stereocenters. The number of hydrogen-bond donors (Lipinski definition) is 4. The fraction of sp³-hybridized carbons (Fsp3) is 0.0952. The summed E-state index contributed by atoms with van der Waals surface area (Å²) in [5.74, 6) is -1.39. The van der Waals surface area contributed by atoms with E-state index in [1.54, 1.807) is 25.1 Å². The molecule has 0 bridgehead atoms. The van der Waals surface area contributed by atoms with Crippen molar-refractivity contribution in [2.45, 2.75) is 18.7 Å². The van der Waals surface area contributed by atoms with E-state index in [0.29, 0.717) is 11.3 Å². The molecule has 0 spiro atoms. The fourth-order valence-corrected chi connectivity index (χ4v) is 3.53. The van der Waals surface area contributed by atoms with Gasteiger partial charge in [-0.15, -0.1) is 15.3 Å². The first-order chi connectivity index (χ1) is 15.5. The van der Waals surface area contributed by atoms with Gasteiger partial charge in [-0.25, -0.2) is 4.79 Å². The molecule has 11 nitrogen and oxygen atoms in total. The first-order valence-electron chi connectivity index (χ1n) is 9.41. The van der Waals surface area contributed by atoms with Gasteiger partial charge in [-0.05, 0) is 49.7 Å². The van der Waals surface area contributed by atoms with Gasteiger partial charge >= 0.3 is 5.97 Å². The second-order valence-electron chi connectivity index (χ2n) is 7.11. The van der Waals surface area contributed by atoms with E-state index in [1.807, 2.05) is 19.1 Å². The average molecular weight is 468 g/mol. The van der Waals surface area contributed by atoms with Gasteiger partial charge in [0.25, 0.3) is 10.1 Å². The molecule has 0 heterocycles. The molecule has 0 aliphatic carbocycles. The van der Waals surface area contributed by atoms with Crippen molar-refractivity contribution in [1.82, 2.24) is 0 Å². The van der Waals surface area contributed by atoms with Crippen LogP contribution in [0.3, 0.4) is 0 Å². The van der Waals surface area contributed by atoms with Crippen LogP contribution in [0.4, 0.5) is 34.1 Å². The van der Waals surface area contributed by atoms with Gasteiger partial charge in [-0.2, -0.15) is 13.5 Å². The number of carbonyl (C=O) groups is 1. The quantitative estimate of drug-likeness (QED) is 0.215. The van der Waals surface area contributed by atoms with Crippen molar-refractivity contribution in [3.8, 4) is 0 Å². The number of aryl methyl sites for hydroxylation is 2. The van der Waals surface area contributed by atoms with Crippen LogP contribution in [0.5, 0.6) is 0 Å². The Kier molecular flexibility index (Phi) is 6.51. The molecule has 0 saturated heterocycles. The summed E-state index contributed by atoms with van der Waals surface area (Å²) in [6.07, 6.45) is 0. The molecular formula is C21H20N6O5S. The largest absolute Gasteiger partial charge is 0.478 e. The van der Waals surface area contributed by atoms with Crippen LogP contribution < -0.4 is 11.5 Å². The summed E-state index contributed by atoms with van der Waals surface area (Å²) in [5.41, 5.74) is 13.0. The Bertz CT molecular complexity index is 1400. The first-order valence-corrected chi connectivity index (χ1v) is 10.8. The molecule has 0 aliphatic heterocycles. The molecule has 33 heavy (non-hydrogen) atoms. The van der Waals surface area contributed by atoms with E-state index in [-0.39, 0.29) is 34.0 Å². The number of hydrogen-bond acceptors (Lipinski definition) is 9. The van der Waals surface area contributed by atoms with Crippen LogP contribution in [0, 0.1) is 13.8 Å². The molecular weight excluding hydrogens is 448 g/mol. The monoisotopic (exact) mass is 468 g/mol. The van der Waals surface area contributed by atoms with E-state index in [2.05, 4.69) is 20.5 Å². The van der Waals surface area contributed by atoms with Crippen molar-refractivity contribution in [2.75, 3.05) is 11.5 Å². The predicted molar refractivity (Wildman–Crippen MR) is 123 cm³/mol. The summed E-state index contributed by atoms with van der Waals surface area (Å²) in [4.78, 5) is 11.2. The van der Waals surface area contributed by atoms with Gasteiger partial charge < -0.3 is 16.6 Å². The zero-order chi connectivity index (χ0) is 24.3. The van der Waals surface area contributed by atoms with Crippen molar-refractivity contribution in [1.29, 1.82) is 0 Å². The molecule has 0 saturated carbocycles. The van der Waals surface area contributed by atoms with E-state index in [0.717, 1.165) is 11.6 Å². The molecule has 3 rings (SSSR count). The van der Waals surface area contributed by atoms with Gasteiger partial charge in [-0.3, -0.25) is 4.55 Å². The van der Waals surface area contributed by atoms with Crippen LogP contribution >= 0.6 is 0 Å². The zero-order valence-corrected chi connectivity index (χ0v) is 18.4. The van der Waals surface area contributed by atoms with E-state index < -0.39 is 21.0 Å². The minimum Gasteiger partial charge on any atom is -0.478 e. The molecule has 0 aromatic heterocycles. The maximum Gasteiger partial charge on any atom is 0.338 e. The highest BCUT2D eigenvalue weighted by Gasteiger charge is 2.21. The number of nitrogens with two attached hydrogens (primary N) is 2. The van der Waals surface area contributed by atoms with E-state index in [9.17, 15) is 22.9 Å². The minimum absolute atomic E-state index is 0.0200. The number of carboxylic acids is 1. The highest BCUT2D eigenvalue weighted by molar-refractivity contribution is 7.86. The van der Waals surface area contributed by atoms with Gasteiger partial charge in [0.2, 0.25) is 0 Å². The summed E-state index contributed by atoms with van der Waals surface area (Å²) >= 11 is 0. The lowest BCUT2D eigenvalue weighted by Crippen LogP contribution is -2.02. The molecule has 6 N–H and O–H groups in total. The lowest BCUT2D eigenvalue weighted by atomic mass is 10.1. The SMILES string of the molecule is Cc1ccc(N=Nc2c(N)cc(C(=O)O)c(N=Nc3ccc(C)cc3S(=O)(=O)O)c2N)cc1. The van der Waals surface area contributed by atoms with Crippen LogP contribution in [0.15, 0.2) is 73.9 Å². The minimum atomic E-state index is -4.61. The van der Waals surface area contributed by atoms with Gasteiger partial charge in [0, 0.05) is 0 Å². The van der Waals surface area contributed by atoms with Crippen LogP contribution in [0.1, 0.15) is 21.5 Å². The van der Waals surface area contributed by atoms with E-state index >= 15 is 0 Å². The number of nitrogens with zero attached hydrogens (tertiary/aromatic N) is 4. The normalized spacial score (nSPS) is 12.0. The summed E-state index contributed by atoms with van der Waals surface area (Å²) in [6, 6.07) is 12.3. The van der Waals surface area contributed by atoms with Gasteiger partial charge in [0.1, 0.15) is 22.0 Å². The van der Waals surface area contributed by atoms with Gasteiger partial charge in [-0.1, -0.05) is 23.8 Å². The third-order valence-electron chi connectivity index (χ3n) is 4.52. The van der Waals surface area contributed by atoms with Crippen LogP contribution in [-0.2, 0) is 10.1 Å². The molecule has 170 valence electrons. The molecule has 3 aromatic carbocycles. The first kappa shape index (κ1) is 23.5. The molecule has 0 aliphatic rings. The number of rotatable bonds is 6. The molecule has 0 atom stereocenters. The molecule has 12 heteroatoms. The summed E-state index contributed by atoms with van der Waals surface area (Å²) in [5, 5.41) is 25.3. The van der Waals surface area contributed by atoms with Crippen LogP contribution in [0.25, 0.3) is 0 Å². The predicted octanol–water partition coefficient (Wildman–Crippen LogP) is 5.24. The molecule has 0 amide bonds. The smallest absolute Gasteiger partial charge is 0.338 e. The van der Waals surface area contributed by atoms with Crippen molar-refractivity contribution in [3.05, 3.63) is 65.2 Å². The summed E-state index contributed by atoms with van der Waals surface area (Å²) in [7, 11) is -4.61. The van der Waals surface area contributed by atoms with E-state index in [1.165, 1.54) is 12.1 Å². The number of azo groups is 2. The Balaban J connectivity index is 2.13. The van der Waals surface area contributed by atoms with Crippen molar-refractivity contribution >= 4 is 50.2 Å². The highest BCUT2D eigenvalue weighted by atomic mass is 32.2. The standard InChI is InChI=1S/C21H20N6O5S/c1-11-3-6-13(7-4-11)24-27-20-15(22)10-14(21(28)29)19(18(20)23)26-25-16-8-5-12(2)9-17(16)33(30,31)32/h3-10H,22-23H2,1-2H3,(H,28,29)(H,30,31,32). The lowest BCUT2D eigenvalue weighted by Gasteiger charge is -2.10. The second-order valence-corrected chi connectivity index (χ2v) is 8.50. The van der Waals surface area contributed by atoms with Gasteiger partial charge in [0.15, 0.2) is 0 Å². The average Bonchev–Trinajstić information content (AvgIpc) is 2.73. The number of anilines is 2. The Morgan fingerprint density at radius 3 is 2.06 bits per heavy atom. The van der Waals surface area contributed by atoms with Crippen LogP contribution in [-0.4, -0.2) is 24.0 Å². The Morgan fingerprint density at radius 1 is 0.848 bits per heavy atom. The fourth-order valence-electron chi connectivity index (χ4n) is 2.82. The Labute approximate surface area is 189 Å². The lowest BCUT2D eigenvalue weighted by molar-refractivity contribution is 0.0698. The third-order valence-corrected chi connectivity index (χ3v) is 5.40. The maximum atomic E-state index is 11.7. The number of benzene rings is 3. The van der Waals surface area contributed by atoms with Crippen molar-refractivity contribution in [3.63, 3.8) is 0 Å². The maximum absolute atomic E-state index is 11.7. The molecule has 0 radical (unpaired) electrons. The van der Waals surface area contributed by atoms with E-state index in [4.69, 9.17) is 11.5 Å². The summed E-state index contributed by atoms with van der Waals surface area (Å²) in [6.45, 7) is 3.54. The van der Waals surface area contributed by atoms with Crippen LogP contribution in [0.2, 0.25) is 0 Å². The zero-order valence-electron chi connectivity index (χ0n) is 17.6. The third kappa shape index (κ3) is 5.37. The van der Waals surface area contributed by atoms with Crippen molar-refractivity contribution < 1.29 is 22.9 Å². The van der Waals surface area contributed by atoms with Crippen molar-refractivity contribution in [2.24, 2.45) is 20.5 Å². The topological polar surface area (TPSA) is 193 Å². The Morgan fingerprint density at radius 2 is 1.45 bits per heavy atom. The molecule has 0 fully saturated rings. The summed E-state index contributed by atoms with van der Waals surface area (Å²) < 4.78 is 32.9. The Hall–Kier alpha value is -4.16. The molecule has 3 aromatic rings. The number of aromatic carboxylic acids is 1. The highest BCUT2D eigenvalue weighted by Crippen LogP contribution is 2.42. The van der Waals surface area contributed by atoms with Gasteiger partial charge in [0.05, 0.1) is 22.6 Å².